The van der Waals surface area contributed by atoms with Gasteiger partial charge in [-0.3, -0.25) is 4.79 Å². The summed E-state index contributed by atoms with van der Waals surface area (Å²) in [7, 11) is 0. The lowest BCUT2D eigenvalue weighted by molar-refractivity contribution is -0.131. The lowest BCUT2D eigenvalue weighted by atomic mass is 10.0. The van der Waals surface area contributed by atoms with E-state index in [4.69, 9.17) is 0 Å². The van der Waals surface area contributed by atoms with Crippen molar-refractivity contribution in [2.75, 3.05) is 19.6 Å². The molecule has 4 heteroatoms. The first-order chi connectivity index (χ1) is 9.70. The van der Waals surface area contributed by atoms with E-state index in [-0.39, 0.29) is 12.4 Å². The van der Waals surface area contributed by atoms with Gasteiger partial charge >= 0.3 is 0 Å². The Labute approximate surface area is 134 Å². The molecule has 1 atom stereocenters. The van der Waals surface area contributed by atoms with E-state index in [1.165, 1.54) is 17.5 Å². The van der Waals surface area contributed by atoms with E-state index in [0.29, 0.717) is 18.2 Å². The summed E-state index contributed by atoms with van der Waals surface area (Å²) in [6.07, 6.45) is 2.93. The lowest BCUT2D eigenvalue weighted by Gasteiger charge is -2.22. The van der Waals surface area contributed by atoms with E-state index in [9.17, 15) is 4.79 Å². The fourth-order valence-electron chi connectivity index (χ4n) is 2.82. The van der Waals surface area contributed by atoms with Crippen molar-refractivity contribution >= 4 is 18.3 Å². The highest BCUT2D eigenvalue weighted by Crippen LogP contribution is 2.17. The van der Waals surface area contributed by atoms with Gasteiger partial charge in [-0.15, -0.1) is 12.4 Å². The SMILES string of the molecule is CCN(Cc1ccccc1C)C(=O)CCC1CCNC1.Cl. The fraction of sp³-hybridized carbons (Fsp3) is 0.588. The molecule has 1 aromatic carbocycles. The molecule has 118 valence electrons. The fourth-order valence-corrected chi connectivity index (χ4v) is 2.82. The topological polar surface area (TPSA) is 32.3 Å². The van der Waals surface area contributed by atoms with Gasteiger partial charge in [0.15, 0.2) is 0 Å². The number of hydrogen-bond donors (Lipinski definition) is 1. The van der Waals surface area contributed by atoms with Crippen LogP contribution in [0.25, 0.3) is 0 Å². The summed E-state index contributed by atoms with van der Waals surface area (Å²) in [5, 5.41) is 3.36. The van der Waals surface area contributed by atoms with Crippen LogP contribution in [0.2, 0.25) is 0 Å². The Morgan fingerprint density at radius 1 is 1.38 bits per heavy atom. The van der Waals surface area contributed by atoms with Gasteiger partial charge in [-0.1, -0.05) is 24.3 Å². The summed E-state index contributed by atoms with van der Waals surface area (Å²) in [5.74, 6) is 0.985. The zero-order chi connectivity index (χ0) is 14.4. The van der Waals surface area contributed by atoms with Crippen molar-refractivity contribution in [2.24, 2.45) is 5.92 Å². The number of hydrogen-bond acceptors (Lipinski definition) is 2. The summed E-state index contributed by atoms with van der Waals surface area (Å²) >= 11 is 0. The van der Waals surface area contributed by atoms with Crippen LogP contribution >= 0.6 is 12.4 Å². The van der Waals surface area contributed by atoms with Crippen LogP contribution in [0.4, 0.5) is 0 Å². The Bertz CT molecular complexity index is 444. The maximum atomic E-state index is 12.4. The van der Waals surface area contributed by atoms with Gasteiger partial charge in [0.05, 0.1) is 0 Å². The van der Waals surface area contributed by atoms with Crippen LogP contribution in [0.15, 0.2) is 24.3 Å². The van der Waals surface area contributed by atoms with Crippen LogP contribution in [0.3, 0.4) is 0 Å². The molecule has 1 unspecified atom stereocenters. The molecule has 1 aliphatic rings. The van der Waals surface area contributed by atoms with Crippen molar-refractivity contribution in [1.29, 1.82) is 0 Å². The zero-order valence-corrected chi connectivity index (χ0v) is 13.9. The molecule has 1 fully saturated rings. The first kappa shape index (κ1) is 18.0. The summed E-state index contributed by atoms with van der Waals surface area (Å²) in [4.78, 5) is 14.3. The van der Waals surface area contributed by atoms with Gasteiger partial charge in [-0.25, -0.2) is 0 Å². The molecule has 1 heterocycles. The molecule has 0 aliphatic carbocycles. The van der Waals surface area contributed by atoms with Crippen molar-refractivity contribution in [1.82, 2.24) is 10.2 Å². The third-order valence-electron chi connectivity index (χ3n) is 4.29. The molecule has 1 amide bonds. The van der Waals surface area contributed by atoms with E-state index in [0.717, 1.165) is 32.6 Å². The summed E-state index contributed by atoms with van der Waals surface area (Å²) < 4.78 is 0. The van der Waals surface area contributed by atoms with Crippen molar-refractivity contribution in [3.05, 3.63) is 35.4 Å². The maximum Gasteiger partial charge on any atom is 0.222 e. The van der Waals surface area contributed by atoms with Gasteiger partial charge in [0, 0.05) is 19.5 Å². The second-order valence-corrected chi connectivity index (χ2v) is 5.73. The number of benzene rings is 1. The molecule has 0 radical (unpaired) electrons. The number of carbonyl (C=O) groups excluding carboxylic acids is 1. The third-order valence-corrected chi connectivity index (χ3v) is 4.29. The highest BCUT2D eigenvalue weighted by Gasteiger charge is 2.18. The largest absolute Gasteiger partial charge is 0.339 e. The van der Waals surface area contributed by atoms with Crippen molar-refractivity contribution in [3.63, 3.8) is 0 Å². The van der Waals surface area contributed by atoms with Crippen LogP contribution in [-0.2, 0) is 11.3 Å². The molecule has 21 heavy (non-hydrogen) atoms. The second-order valence-electron chi connectivity index (χ2n) is 5.73. The molecule has 1 saturated heterocycles. The first-order valence-electron chi connectivity index (χ1n) is 7.73. The predicted molar refractivity (Wildman–Crippen MR) is 89.7 cm³/mol. The average Bonchev–Trinajstić information content (AvgIpc) is 2.97. The van der Waals surface area contributed by atoms with Crippen LogP contribution in [0, 0.1) is 12.8 Å². The standard InChI is InChI=1S/C17H26N2O.ClH/c1-3-19(13-16-7-5-4-6-14(16)2)17(20)9-8-15-10-11-18-12-15;/h4-7,15,18H,3,8-13H2,1-2H3;1H. The molecule has 3 nitrogen and oxygen atoms in total. The van der Waals surface area contributed by atoms with Gasteiger partial charge in [-0.05, 0) is 56.8 Å². The van der Waals surface area contributed by atoms with E-state index in [1.807, 2.05) is 17.0 Å². The number of halogens is 1. The minimum Gasteiger partial charge on any atom is -0.339 e. The predicted octanol–water partition coefficient (Wildman–Crippen LogP) is 3.16. The van der Waals surface area contributed by atoms with Crippen LogP contribution in [-0.4, -0.2) is 30.4 Å². The van der Waals surface area contributed by atoms with E-state index in [2.05, 4.69) is 31.3 Å². The Morgan fingerprint density at radius 3 is 2.76 bits per heavy atom. The van der Waals surface area contributed by atoms with Crippen molar-refractivity contribution in [2.45, 2.75) is 39.7 Å². The monoisotopic (exact) mass is 310 g/mol. The Balaban J connectivity index is 0.00000220. The minimum absolute atomic E-state index is 0. The Kier molecular flexibility index (Phi) is 7.76. The number of nitrogens with one attached hydrogen (secondary N) is 1. The summed E-state index contributed by atoms with van der Waals surface area (Å²) in [5.41, 5.74) is 2.52. The molecular formula is C17H27ClN2O. The number of aryl methyl sites for hydroxylation is 1. The molecule has 0 bridgehead atoms. The third kappa shape index (κ3) is 5.33. The quantitative estimate of drug-likeness (QED) is 0.875. The van der Waals surface area contributed by atoms with Gasteiger partial charge in [0.2, 0.25) is 5.91 Å². The summed E-state index contributed by atoms with van der Waals surface area (Å²) in [6.45, 7) is 7.89. The van der Waals surface area contributed by atoms with E-state index in [1.54, 1.807) is 0 Å². The van der Waals surface area contributed by atoms with Gasteiger partial charge < -0.3 is 10.2 Å². The van der Waals surface area contributed by atoms with Crippen LogP contribution in [0.1, 0.15) is 37.3 Å². The molecule has 2 rings (SSSR count). The molecule has 0 aromatic heterocycles. The molecule has 0 saturated carbocycles. The molecule has 1 aliphatic heterocycles. The van der Waals surface area contributed by atoms with Gasteiger partial charge in [-0.2, -0.15) is 0 Å². The molecule has 1 aromatic rings. The molecular weight excluding hydrogens is 284 g/mol. The Morgan fingerprint density at radius 2 is 2.14 bits per heavy atom. The maximum absolute atomic E-state index is 12.4. The normalized spacial score (nSPS) is 17.3. The number of carbonyl (C=O) groups is 1. The highest BCUT2D eigenvalue weighted by molar-refractivity contribution is 5.85. The minimum atomic E-state index is 0. The Hall–Kier alpha value is -1.06. The molecule has 1 N–H and O–H groups in total. The van der Waals surface area contributed by atoms with Gasteiger partial charge in [0.25, 0.3) is 0 Å². The van der Waals surface area contributed by atoms with Gasteiger partial charge in [0.1, 0.15) is 0 Å². The smallest absolute Gasteiger partial charge is 0.222 e. The van der Waals surface area contributed by atoms with Crippen molar-refractivity contribution in [3.8, 4) is 0 Å². The van der Waals surface area contributed by atoms with E-state index < -0.39 is 0 Å². The molecule has 0 spiro atoms. The van der Waals surface area contributed by atoms with Crippen molar-refractivity contribution < 1.29 is 4.79 Å². The van der Waals surface area contributed by atoms with E-state index >= 15 is 0 Å². The zero-order valence-electron chi connectivity index (χ0n) is 13.1. The summed E-state index contributed by atoms with van der Waals surface area (Å²) in [6, 6.07) is 8.32. The second kappa shape index (κ2) is 9.06. The lowest BCUT2D eigenvalue weighted by Crippen LogP contribution is -2.30. The van der Waals surface area contributed by atoms with Crippen LogP contribution in [0.5, 0.6) is 0 Å². The highest BCUT2D eigenvalue weighted by atomic mass is 35.5. The number of amides is 1. The number of rotatable bonds is 6. The average molecular weight is 311 g/mol. The first-order valence-corrected chi connectivity index (χ1v) is 7.73. The number of nitrogens with zero attached hydrogens (tertiary/aromatic N) is 1. The van der Waals surface area contributed by atoms with Crippen LogP contribution < -0.4 is 5.32 Å².